The number of hydrogen-bond donors (Lipinski definition) is 2. The van der Waals surface area contributed by atoms with E-state index in [0.717, 1.165) is 26.9 Å². The monoisotopic (exact) mass is 305 g/mol. The second-order valence-corrected chi connectivity index (χ2v) is 5.28. The third-order valence-electron chi connectivity index (χ3n) is 2.87. The molecule has 0 saturated carbocycles. The molecule has 2 nitrogen and oxygen atoms in total. The molecular formula is C15H16BrNO. The highest BCUT2D eigenvalue weighted by Crippen LogP contribution is 2.29. The van der Waals surface area contributed by atoms with Gasteiger partial charge >= 0.3 is 0 Å². The standard InChI is InChI=1S/C15H16BrNO/c1-10-7-11(2)15(18)14(8-10)17-9-12-5-3-4-6-13(12)16/h3-8,17-18H,9H2,1-2H3. The van der Waals surface area contributed by atoms with E-state index < -0.39 is 0 Å². The highest BCUT2D eigenvalue weighted by molar-refractivity contribution is 9.10. The van der Waals surface area contributed by atoms with Crippen molar-refractivity contribution < 1.29 is 5.11 Å². The number of aryl methyl sites for hydroxylation is 2. The van der Waals surface area contributed by atoms with Gasteiger partial charge in [-0.3, -0.25) is 0 Å². The van der Waals surface area contributed by atoms with Crippen LogP contribution in [0.5, 0.6) is 5.75 Å². The molecule has 0 spiro atoms. The molecule has 0 atom stereocenters. The van der Waals surface area contributed by atoms with E-state index in [0.29, 0.717) is 12.3 Å². The molecule has 2 rings (SSSR count). The fourth-order valence-electron chi connectivity index (χ4n) is 1.93. The van der Waals surface area contributed by atoms with Gasteiger partial charge in [-0.1, -0.05) is 40.2 Å². The van der Waals surface area contributed by atoms with Crippen LogP contribution in [0.4, 0.5) is 5.69 Å². The molecule has 0 amide bonds. The Morgan fingerprint density at radius 1 is 1.17 bits per heavy atom. The highest BCUT2D eigenvalue weighted by atomic mass is 79.9. The van der Waals surface area contributed by atoms with Crippen LogP contribution in [0.1, 0.15) is 16.7 Å². The summed E-state index contributed by atoms with van der Waals surface area (Å²) in [6.07, 6.45) is 0. The lowest BCUT2D eigenvalue weighted by Crippen LogP contribution is -2.01. The molecule has 0 bridgehead atoms. The molecule has 2 N–H and O–H groups in total. The summed E-state index contributed by atoms with van der Waals surface area (Å²) in [7, 11) is 0. The van der Waals surface area contributed by atoms with E-state index in [-0.39, 0.29) is 0 Å². The number of phenols is 1. The first-order chi connectivity index (χ1) is 8.58. The Hall–Kier alpha value is -1.48. The average Bonchev–Trinajstić information content (AvgIpc) is 2.33. The van der Waals surface area contributed by atoms with Crippen LogP contribution in [0.2, 0.25) is 0 Å². The molecule has 0 aliphatic heterocycles. The molecule has 94 valence electrons. The smallest absolute Gasteiger partial charge is 0.141 e. The average molecular weight is 306 g/mol. The summed E-state index contributed by atoms with van der Waals surface area (Å²) in [5, 5.41) is 13.3. The first kappa shape index (κ1) is 13.0. The minimum absolute atomic E-state index is 0.327. The summed E-state index contributed by atoms with van der Waals surface area (Å²) in [5.41, 5.74) is 3.98. The fraction of sp³-hybridized carbons (Fsp3) is 0.200. The Kier molecular flexibility index (Phi) is 3.92. The Morgan fingerprint density at radius 3 is 2.61 bits per heavy atom. The summed E-state index contributed by atoms with van der Waals surface area (Å²) in [6, 6.07) is 12.0. The Bertz CT molecular complexity index is 566. The maximum absolute atomic E-state index is 10.00. The lowest BCUT2D eigenvalue weighted by atomic mass is 10.1. The van der Waals surface area contributed by atoms with Gasteiger partial charge in [0.25, 0.3) is 0 Å². The van der Waals surface area contributed by atoms with Crippen molar-refractivity contribution in [2.75, 3.05) is 5.32 Å². The van der Waals surface area contributed by atoms with E-state index >= 15 is 0 Å². The summed E-state index contributed by atoms with van der Waals surface area (Å²) >= 11 is 3.51. The molecule has 0 unspecified atom stereocenters. The van der Waals surface area contributed by atoms with Crippen LogP contribution in [0.25, 0.3) is 0 Å². The predicted octanol–water partition coefficient (Wildman–Crippen LogP) is 4.38. The Morgan fingerprint density at radius 2 is 1.89 bits per heavy atom. The molecule has 0 radical (unpaired) electrons. The number of rotatable bonds is 3. The number of phenolic OH excluding ortho intramolecular Hbond substituents is 1. The van der Waals surface area contributed by atoms with Crippen molar-refractivity contribution in [2.45, 2.75) is 20.4 Å². The van der Waals surface area contributed by atoms with Gasteiger partial charge in [0.2, 0.25) is 0 Å². The van der Waals surface area contributed by atoms with Crippen molar-refractivity contribution in [1.29, 1.82) is 0 Å². The van der Waals surface area contributed by atoms with Gasteiger partial charge in [-0.25, -0.2) is 0 Å². The third-order valence-corrected chi connectivity index (χ3v) is 3.65. The summed E-state index contributed by atoms with van der Waals surface area (Å²) < 4.78 is 1.07. The topological polar surface area (TPSA) is 32.3 Å². The molecule has 18 heavy (non-hydrogen) atoms. The number of aromatic hydroxyl groups is 1. The van der Waals surface area contributed by atoms with Crippen molar-refractivity contribution in [3.63, 3.8) is 0 Å². The van der Waals surface area contributed by atoms with Crippen molar-refractivity contribution in [3.05, 3.63) is 57.6 Å². The van der Waals surface area contributed by atoms with Gasteiger partial charge in [0, 0.05) is 11.0 Å². The number of anilines is 1. The van der Waals surface area contributed by atoms with Crippen molar-refractivity contribution in [2.24, 2.45) is 0 Å². The Balaban J connectivity index is 2.18. The van der Waals surface area contributed by atoms with Crippen LogP contribution >= 0.6 is 15.9 Å². The molecule has 3 heteroatoms. The minimum atomic E-state index is 0.327. The van der Waals surface area contributed by atoms with E-state index in [9.17, 15) is 5.11 Å². The molecule has 0 fully saturated rings. The fourth-order valence-corrected chi connectivity index (χ4v) is 2.35. The van der Waals surface area contributed by atoms with Gasteiger partial charge in [-0.15, -0.1) is 0 Å². The van der Waals surface area contributed by atoms with E-state index in [2.05, 4.69) is 27.3 Å². The third kappa shape index (κ3) is 2.85. The van der Waals surface area contributed by atoms with Crippen molar-refractivity contribution in [1.82, 2.24) is 0 Å². The molecule has 0 aliphatic rings. The van der Waals surface area contributed by atoms with Crippen LogP contribution in [0, 0.1) is 13.8 Å². The van der Waals surface area contributed by atoms with Crippen LogP contribution in [-0.4, -0.2) is 5.11 Å². The number of benzene rings is 2. The van der Waals surface area contributed by atoms with E-state index in [1.807, 2.05) is 44.2 Å². The predicted molar refractivity (Wildman–Crippen MR) is 79.0 cm³/mol. The lowest BCUT2D eigenvalue weighted by Gasteiger charge is -2.12. The maximum Gasteiger partial charge on any atom is 0.141 e. The van der Waals surface area contributed by atoms with Gasteiger partial charge in [0.05, 0.1) is 5.69 Å². The molecule has 0 aliphatic carbocycles. The molecular weight excluding hydrogens is 290 g/mol. The molecule has 0 aromatic heterocycles. The highest BCUT2D eigenvalue weighted by Gasteiger charge is 2.06. The van der Waals surface area contributed by atoms with Gasteiger partial charge < -0.3 is 10.4 Å². The van der Waals surface area contributed by atoms with Crippen LogP contribution in [0.3, 0.4) is 0 Å². The van der Waals surface area contributed by atoms with E-state index in [1.54, 1.807) is 0 Å². The normalized spacial score (nSPS) is 10.4. The van der Waals surface area contributed by atoms with E-state index in [4.69, 9.17) is 0 Å². The maximum atomic E-state index is 10.00. The second-order valence-electron chi connectivity index (χ2n) is 4.42. The summed E-state index contributed by atoms with van der Waals surface area (Å²) in [4.78, 5) is 0. The Labute approximate surface area is 116 Å². The van der Waals surface area contributed by atoms with Crippen molar-refractivity contribution in [3.8, 4) is 5.75 Å². The zero-order valence-electron chi connectivity index (χ0n) is 10.5. The largest absolute Gasteiger partial charge is 0.506 e. The first-order valence-electron chi connectivity index (χ1n) is 5.85. The molecule has 0 heterocycles. The zero-order chi connectivity index (χ0) is 13.1. The molecule has 2 aromatic carbocycles. The van der Waals surface area contributed by atoms with Gasteiger partial charge in [0.1, 0.15) is 5.75 Å². The van der Waals surface area contributed by atoms with Gasteiger partial charge in [-0.2, -0.15) is 0 Å². The van der Waals surface area contributed by atoms with Crippen LogP contribution in [0.15, 0.2) is 40.9 Å². The summed E-state index contributed by atoms with van der Waals surface area (Å²) in [5.74, 6) is 0.327. The van der Waals surface area contributed by atoms with E-state index in [1.165, 1.54) is 0 Å². The number of nitrogens with one attached hydrogen (secondary N) is 1. The molecule has 2 aromatic rings. The quantitative estimate of drug-likeness (QED) is 0.825. The van der Waals surface area contributed by atoms with Gasteiger partial charge in [0.15, 0.2) is 0 Å². The van der Waals surface area contributed by atoms with Gasteiger partial charge in [-0.05, 0) is 42.7 Å². The minimum Gasteiger partial charge on any atom is -0.506 e. The first-order valence-corrected chi connectivity index (χ1v) is 6.64. The van der Waals surface area contributed by atoms with Crippen LogP contribution in [-0.2, 0) is 6.54 Å². The lowest BCUT2D eigenvalue weighted by molar-refractivity contribution is 0.473. The van der Waals surface area contributed by atoms with Crippen LogP contribution < -0.4 is 5.32 Å². The van der Waals surface area contributed by atoms with Crippen molar-refractivity contribution >= 4 is 21.6 Å². The number of hydrogen-bond acceptors (Lipinski definition) is 2. The SMILES string of the molecule is Cc1cc(C)c(O)c(NCc2ccccc2Br)c1. The number of halogens is 1. The summed E-state index contributed by atoms with van der Waals surface area (Å²) in [6.45, 7) is 4.61. The zero-order valence-corrected chi connectivity index (χ0v) is 12.1. The second kappa shape index (κ2) is 5.44. The molecule has 0 saturated heterocycles.